The van der Waals surface area contributed by atoms with Crippen molar-refractivity contribution in [3.63, 3.8) is 0 Å². The number of phosphoric acid groups is 2. The molecule has 104 heavy (non-hydrogen) atoms. The van der Waals surface area contributed by atoms with Crippen molar-refractivity contribution in [2.45, 2.75) is 439 Å². The monoisotopic (exact) mass is 1520 g/mol. The molecule has 0 aromatic rings. The molecule has 0 aliphatic rings. The lowest BCUT2D eigenvalue weighted by Crippen LogP contribution is -2.30. The Morgan fingerprint density at radius 1 is 0.317 bits per heavy atom. The molecule has 17 nitrogen and oxygen atoms in total. The molecule has 3 N–H and O–H groups in total. The van der Waals surface area contributed by atoms with E-state index in [4.69, 9.17) is 37.0 Å². The first-order chi connectivity index (χ1) is 50.3. The van der Waals surface area contributed by atoms with Gasteiger partial charge in [0.1, 0.15) is 19.3 Å². The molecule has 0 radical (unpaired) electrons. The van der Waals surface area contributed by atoms with Gasteiger partial charge in [-0.2, -0.15) is 0 Å². The van der Waals surface area contributed by atoms with Crippen LogP contribution >= 0.6 is 15.6 Å². The van der Waals surface area contributed by atoms with Crippen molar-refractivity contribution in [2.75, 3.05) is 39.6 Å². The number of unbranched alkanes of at least 4 members (excludes halogenated alkanes) is 45. The van der Waals surface area contributed by atoms with E-state index in [0.717, 1.165) is 127 Å². The fourth-order valence-corrected chi connectivity index (χ4v) is 14.2. The number of carbonyl (C=O) groups is 4. The number of esters is 4. The summed E-state index contributed by atoms with van der Waals surface area (Å²) >= 11 is 0. The lowest BCUT2D eigenvalue weighted by molar-refractivity contribution is -0.161. The average molecular weight is 1520 g/mol. The van der Waals surface area contributed by atoms with E-state index >= 15 is 0 Å². The van der Waals surface area contributed by atoms with Crippen molar-refractivity contribution in [2.24, 2.45) is 17.8 Å². The van der Waals surface area contributed by atoms with Gasteiger partial charge in [-0.3, -0.25) is 37.3 Å². The van der Waals surface area contributed by atoms with E-state index in [1.165, 1.54) is 212 Å². The van der Waals surface area contributed by atoms with Crippen molar-refractivity contribution in [1.82, 2.24) is 0 Å². The number of aliphatic hydroxyl groups is 1. The second kappa shape index (κ2) is 74.6. The minimum Gasteiger partial charge on any atom is -0.462 e. The molecule has 0 spiro atoms. The van der Waals surface area contributed by atoms with Crippen LogP contribution in [0.5, 0.6) is 0 Å². The fourth-order valence-electron chi connectivity index (χ4n) is 12.6. The van der Waals surface area contributed by atoms with Crippen LogP contribution in [0.1, 0.15) is 421 Å². The second-order valence-corrected chi connectivity index (χ2v) is 34.0. The van der Waals surface area contributed by atoms with Gasteiger partial charge in [0.25, 0.3) is 0 Å². The molecule has 0 aliphatic heterocycles. The smallest absolute Gasteiger partial charge is 0.462 e. The summed E-state index contributed by atoms with van der Waals surface area (Å²) in [6.07, 6.45) is 67.5. The van der Waals surface area contributed by atoms with Crippen LogP contribution in [0.4, 0.5) is 0 Å². The Bertz CT molecular complexity index is 2110. The van der Waals surface area contributed by atoms with Gasteiger partial charge in [0.15, 0.2) is 12.2 Å². The van der Waals surface area contributed by atoms with Gasteiger partial charge in [0.05, 0.1) is 26.4 Å². The Labute approximate surface area is 637 Å². The number of rotatable bonds is 81. The Morgan fingerprint density at radius 3 is 0.856 bits per heavy atom. The molecule has 3 unspecified atom stereocenters. The molecule has 0 bridgehead atoms. The molecule has 0 aromatic carbocycles. The summed E-state index contributed by atoms with van der Waals surface area (Å²) in [6.45, 7) is 11.9. The number of allylic oxidation sites excluding steroid dienone is 4. The average Bonchev–Trinajstić information content (AvgIpc) is 0.903. The highest BCUT2D eigenvalue weighted by Crippen LogP contribution is 2.45. The first kappa shape index (κ1) is 102. The number of ether oxygens (including phenoxy) is 4. The SMILES string of the molecule is CCCCCC/C=C\C=C/CCCCCCCC(=O)O[C@H](COC(=O)CCCCCCCCC(C)CC)COP(=O)(O)OC[C@H](O)COP(=O)(O)OC[C@@H](COC(=O)CCCCCCCCCCCCCCCCCC(C)C)OC(=O)CCCCCCCCCCCCCCCCCCCCC(C)C. The standard InChI is InChI=1S/C85H162O17P2/c1-8-10-11-12-13-14-15-16-22-30-35-40-45-54-61-69-85(90)102-81(73-96-83(88)67-60-53-48-47-51-58-65-78(7)9-2)75-100-104(93,94)98-71-79(86)70-97-103(91,92)99-74-80(72-95-82(87)66-59-52-44-39-34-29-26-21-24-28-33-38-43-50-57-64-77(5)6)101-84(89)68-62-55-46-41-36-31-25-20-18-17-19-23-27-32-37-42-49-56-63-76(3)4/h14-16,22,76-81,86H,8-13,17-21,23-75H2,1-7H3,(H,91,92)(H,93,94)/b15-14-,22-16-/t78?,79-,80-,81-/m1/s1. The van der Waals surface area contributed by atoms with Crippen LogP contribution in [0.3, 0.4) is 0 Å². The second-order valence-electron chi connectivity index (χ2n) is 31.1. The van der Waals surface area contributed by atoms with Gasteiger partial charge in [-0.25, -0.2) is 9.13 Å². The number of hydrogen-bond donors (Lipinski definition) is 3. The lowest BCUT2D eigenvalue weighted by atomic mass is 10.00. The highest BCUT2D eigenvalue weighted by atomic mass is 31.2. The van der Waals surface area contributed by atoms with E-state index in [2.05, 4.69) is 72.8 Å². The first-order valence-electron chi connectivity index (χ1n) is 43.2. The number of carbonyl (C=O) groups excluding carboxylic acids is 4. The van der Waals surface area contributed by atoms with Gasteiger partial charge in [-0.15, -0.1) is 0 Å². The molecule has 6 atom stereocenters. The third-order valence-corrected chi connectivity index (χ3v) is 21.5. The molecule has 0 aliphatic carbocycles. The van der Waals surface area contributed by atoms with Crippen molar-refractivity contribution in [1.29, 1.82) is 0 Å². The van der Waals surface area contributed by atoms with Crippen LogP contribution < -0.4 is 0 Å². The van der Waals surface area contributed by atoms with Crippen LogP contribution in [0.15, 0.2) is 24.3 Å². The zero-order chi connectivity index (χ0) is 76.5. The van der Waals surface area contributed by atoms with Crippen molar-refractivity contribution in [3.8, 4) is 0 Å². The van der Waals surface area contributed by atoms with Gasteiger partial charge in [-0.1, -0.05) is 368 Å². The maximum absolute atomic E-state index is 13.1. The van der Waals surface area contributed by atoms with E-state index in [1.807, 2.05) is 0 Å². The van der Waals surface area contributed by atoms with Gasteiger partial charge in [-0.05, 0) is 69.1 Å². The molecule has 19 heteroatoms. The van der Waals surface area contributed by atoms with Crippen LogP contribution in [0.25, 0.3) is 0 Å². The van der Waals surface area contributed by atoms with E-state index in [-0.39, 0.29) is 25.7 Å². The Morgan fingerprint density at radius 2 is 0.567 bits per heavy atom. The van der Waals surface area contributed by atoms with Crippen molar-refractivity contribution >= 4 is 39.5 Å². The molecular formula is C85H162O17P2. The minimum absolute atomic E-state index is 0.0842. The minimum atomic E-state index is -4.97. The number of phosphoric ester groups is 2. The number of hydrogen-bond acceptors (Lipinski definition) is 15. The van der Waals surface area contributed by atoms with Crippen LogP contribution in [0.2, 0.25) is 0 Å². The largest absolute Gasteiger partial charge is 0.472 e. The molecule has 0 saturated carbocycles. The maximum atomic E-state index is 13.1. The van der Waals surface area contributed by atoms with Gasteiger partial charge in [0, 0.05) is 25.7 Å². The highest BCUT2D eigenvalue weighted by Gasteiger charge is 2.30. The Hall–Kier alpha value is -2.46. The summed E-state index contributed by atoms with van der Waals surface area (Å²) in [5.74, 6) is 0.214. The normalized spacial score (nSPS) is 14.3. The quantitative estimate of drug-likeness (QED) is 0.0169. The van der Waals surface area contributed by atoms with E-state index in [9.17, 15) is 43.2 Å². The predicted octanol–water partition coefficient (Wildman–Crippen LogP) is 25.3. The third-order valence-electron chi connectivity index (χ3n) is 19.6. The molecule has 0 saturated heterocycles. The molecule has 0 aromatic heterocycles. The summed E-state index contributed by atoms with van der Waals surface area (Å²) in [6, 6.07) is 0. The van der Waals surface area contributed by atoms with E-state index in [0.29, 0.717) is 25.7 Å². The molecule has 0 amide bonds. The van der Waals surface area contributed by atoms with Gasteiger partial charge >= 0.3 is 39.5 Å². The van der Waals surface area contributed by atoms with E-state index in [1.54, 1.807) is 0 Å². The third kappa shape index (κ3) is 76.3. The summed E-state index contributed by atoms with van der Waals surface area (Å²) in [4.78, 5) is 73.1. The highest BCUT2D eigenvalue weighted by molar-refractivity contribution is 7.47. The summed E-state index contributed by atoms with van der Waals surface area (Å²) in [5.41, 5.74) is 0. The van der Waals surface area contributed by atoms with Crippen molar-refractivity contribution < 1.29 is 80.2 Å². The van der Waals surface area contributed by atoms with Crippen LogP contribution in [-0.4, -0.2) is 96.7 Å². The van der Waals surface area contributed by atoms with E-state index < -0.39 is 97.5 Å². The molecule has 0 rings (SSSR count). The molecule has 0 heterocycles. The Kier molecular flexibility index (Phi) is 72.9. The fraction of sp³-hybridized carbons (Fsp3) is 0.906. The van der Waals surface area contributed by atoms with Gasteiger partial charge in [0.2, 0.25) is 0 Å². The zero-order valence-corrected chi connectivity index (χ0v) is 69.8. The number of aliphatic hydroxyl groups excluding tert-OH is 1. The molecular weight excluding hydrogens is 1350 g/mol. The summed E-state index contributed by atoms with van der Waals surface area (Å²) < 4.78 is 68.8. The van der Waals surface area contributed by atoms with Crippen molar-refractivity contribution in [3.05, 3.63) is 24.3 Å². The maximum Gasteiger partial charge on any atom is 0.472 e. The molecule has 614 valence electrons. The topological polar surface area (TPSA) is 237 Å². The van der Waals surface area contributed by atoms with Crippen LogP contribution in [-0.2, 0) is 65.4 Å². The summed E-state index contributed by atoms with van der Waals surface area (Å²) in [5, 5.41) is 10.7. The lowest BCUT2D eigenvalue weighted by Gasteiger charge is -2.21. The Balaban J connectivity index is 5.26. The predicted molar refractivity (Wildman–Crippen MR) is 427 cm³/mol. The van der Waals surface area contributed by atoms with Gasteiger partial charge < -0.3 is 33.8 Å². The zero-order valence-electron chi connectivity index (χ0n) is 68.0. The molecule has 0 fully saturated rings. The van der Waals surface area contributed by atoms with Crippen LogP contribution in [0, 0.1) is 17.8 Å². The summed E-state index contributed by atoms with van der Waals surface area (Å²) in [7, 11) is -9.94. The first-order valence-corrected chi connectivity index (χ1v) is 46.2.